The van der Waals surface area contributed by atoms with Crippen LogP contribution in [0.5, 0.6) is 5.75 Å². The van der Waals surface area contributed by atoms with E-state index in [2.05, 4.69) is 5.32 Å². The van der Waals surface area contributed by atoms with Crippen LogP contribution in [0.15, 0.2) is 18.2 Å². The number of anilines is 1. The van der Waals surface area contributed by atoms with Crippen molar-refractivity contribution in [1.29, 1.82) is 0 Å². The molecule has 0 unspecified atom stereocenters. The summed E-state index contributed by atoms with van der Waals surface area (Å²) in [5.41, 5.74) is 0.165. The molecule has 0 radical (unpaired) electrons. The fraction of sp³-hybridized carbons (Fsp3) is 0.385. The van der Waals surface area contributed by atoms with Crippen LogP contribution >= 0.6 is 0 Å². The van der Waals surface area contributed by atoms with E-state index in [9.17, 15) is 14.7 Å². The van der Waals surface area contributed by atoms with Crippen molar-refractivity contribution in [3.63, 3.8) is 0 Å². The van der Waals surface area contributed by atoms with E-state index >= 15 is 0 Å². The number of aromatic carboxylic acids is 1. The number of ether oxygens (including phenoxy) is 1. The second kappa shape index (κ2) is 7.38. The number of carbonyl (C=O) groups excluding carboxylic acids is 1. The lowest BCUT2D eigenvalue weighted by molar-refractivity contribution is -0.116. The Bertz CT molecular complexity index is 458. The molecule has 0 bridgehead atoms. The van der Waals surface area contributed by atoms with Gasteiger partial charge in [-0.15, -0.1) is 0 Å². The molecular weight excluding hydrogens is 250 g/mol. The minimum absolute atomic E-state index is 0.0353. The zero-order valence-electron chi connectivity index (χ0n) is 10.7. The van der Waals surface area contributed by atoms with Crippen molar-refractivity contribution in [2.24, 2.45) is 0 Å². The Hall–Kier alpha value is -2.08. The summed E-state index contributed by atoms with van der Waals surface area (Å²) in [6.45, 7) is 3.00. The van der Waals surface area contributed by atoms with Crippen LogP contribution in [-0.4, -0.2) is 35.3 Å². The molecule has 0 saturated carbocycles. The van der Waals surface area contributed by atoms with E-state index in [0.717, 1.165) is 6.07 Å². The van der Waals surface area contributed by atoms with Crippen molar-refractivity contribution >= 4 is 17.6 Å². The average molecular weight is 267 g/mol. The van der Waals surface area contributed by atoms with Gasteiger partial charge >= 0.3 is 5.97 Å². The van der Waals surface area contributed by atoms with Gasteiger partial charge in [0.05, 0.1) is 11.3 Å². The molecule has 19 heavy (non-hydrogen) atoms. The summed E-state index contributed by atoms with van der Waals surface area (Å²) in [5, 5.41) is 20.8. The van der Waals surface area contributed by atoms with E-state index in [1.807, 2.05) is 6.92 Å². The van der Waals surface area contributed by atoms with Crippen LogP contribution in [-0.2, 0) is 9.53 Å². The number of rotatable bonds is 7. The van der Waals surface area contributed by atoms with Crippen LogP contribution in [0.1, 0.15) is 30.1 Å². The van der Waals surface area contributed by atoms with E-state index in [0.29, 0.717) is 19.6 Å². The number of hydrogen-bond donors (Lipinski definition) is 3. The predicted molar refractivity (Wildman–Crippen MR) is 69.4 cm³/mol. The molecular formula is C13H17NO5. The molecule has 0 saturated heterocycles. The molecule has 0 heterocycles. The van der Waals surface area contributed by atoms with E-state index in [-0.39, 0.29) is 29.3 Å². The summed E-state index contributed by atoms with van der Waals surface area (Å²) in [5.74, 6) is -1.65. The number of nitrogens with one attached hydrogen (secondary N) is 1. The summed E-state index contributed by atoms with van der Waals surface area (Å²) < 4.78 is 5.11. The highest BCUT2D eigenvalue weighted by Gasteiger charge is 2.10. The molecule has 6 nitrogen and oxygen atoms in total. The summed E-state index contributed by atoms with van der Waals surface area (Å²) in [6.07, 6.45) is 0.869. The molecule has 0 aliphatic rings. The second-order valence-electron chi connectivity index (χ2n) is 3.89. The van der Waals surface area contributed by atoms with Crippen LogP contribution < -0.4 is 5.32 Å². The number of benzene rings is 1. The van der Waals surface area contributed by atoms with Crippen LogP contribution in [0.25, 0.3) is 0 Å². The minimum Gasteiger partial charge on any atom is -0.506 e. The maximum atomic E-state index is 11.6. The first-order valence-corrected chi connectivity index (χ1v) is 5.98. The fourth-order valence-electron chi connectivity index (χ4n) is 1.46. The van der Waals surface area contributed by atoms with E-state index in [1.54, 1.807) is 0 Å². The lowest BCUT2D eigenvalue weighted by Gasteiger charge is -2.08. The molecule has 0 spiro atoms. The fourth-order valence-corrected chi connectivity index (χ4v) is 1.46. The summed E-state index contributed by atoms with van der Waals surface area (Å²) in [4.78, 5) is 22.2. The smallest absolute Gasteiger partial charge is 0.335 e. The number of phenolic OH excluding ortho intramolecular Hbond substituents is 1. The van der Waals surface area contributed by atoms with Crippen LogP contribution in [0.3, 0.4) is 0 Å². The van der Waals surface area contributed by atoms with Gasteiger partial charge in [0, 0.05) is 19.6 Å². The quantitative estimate of drug-likeness (QED) is 0.517. The third kappa shape index (κ3) is 4.97. The zero-order chi connectivity index (χ0) is 14.3. The van der Waals surface area contributed by atoms with Crippen molar-refractivity contribution < 1.29 is 24.5 Å². The van der Waals surface area contributed by atoms with Crippen LogP contribution in [0.4, 0.5) is 5.69 Å². The number of carboxylic acids is 1. The first-order valence-electron chi connectivity index (χ1n) is 5.98. The van der Waals surface area contributed by atoms with Gasteiger partial charge in [-0.05, 0) is 31.5 Å². The predicted octanol–water partition coefficient (Wildman–Crippen LogP) is 1.85. The molecule has 104 valence electrons. The van der Waals surface area contributed by atoms with Crippen molar-refractivity contribution in [1.82, 2.24) is 0 Å². The van der Waals surface area contributed by atoms with Gasteiger partial charge in [0.25, 0.3) is 0 Å². The Kier molecular flexibility index (Phi) is 5.81. The normalized spacial score (nSPS) is 10.2. The molecule has 1 rings (SSSR count). The highest BCUT2D eigenvalue weighted by molar-refractivity contribution is 5.94. The Morgan fingerprint density at radius 2 is 2.11 bits per heavy atom. The Labute approximate surface area is 111 Å². The monoisotopic (exact) mass is 267 g/mol. The van der Waals surface area contributed by atoms with Crippen LogP contribution in [0, 0.1) is 0 Å². The highest BCUT2D eigenvalue weighted by atomic mass is 16.5. The lowest BCUT2D eigenvalue weighted by atomic mass is 10.2. The topological polar surface area (TPSA) is 95.9 Å². The van der Waals surface area contributed by atoms with Gasteiger partial charge in [-0.2, -0.15) is 0 Å². The van der Waals surface area contributed by atoms with E-state index in [4.69, 9.17) is 9.84 Å². The molecule has 1 amide bonds. The van der Waals surface area contributed by atoms with Crippen molar-refractivity contribution in [3.8, 4) is 5.75 Å². The largest absolute Gasteiger partial charge is 0.506 e. The minimum atomic E-state index is -1.13. The van der Waals surface area contributed by atoms with Crippen molar-refractivity contribution in [2.75, 3.05) is 18.5 Å². The molecule has 1 aromatic rings. The van der Waals surface area contributed by atoms with Gasteiger partial charge in [0.2, 0.25) is 5.91 Å². The van der Waals surface area contributed by atoms with Gasteiger partial charge in [-0.25, -0.2) is 4.79 Å². The number of hydrogen-bond acceptors (Lipinski definition) is 4. The number of aromatic hydroxyl groups is 1. The van der Waals surface area contributed by atoms with Gasteiger partial charge < -0.3 is 20.3 Å². The van der Waals surface area contributed by atoms with Gasteiger partial charge in [-0.1, -0.05) is 0 Å². The molecule has 3 N–H and O–H groups in total. The standard InChI is InChI=1S/C13H17NO5/c1-2-19-7-3-4-12(16)14-10-6-5-9(13(17)18)8-11(10)15/h5-6,8,15H,2-4,7H2,1H3,(H,14,16)(H,17,18). The summed E-state index contributed by atoms with van der Waals surface area (Å²) in [7, 11) is 0. The zero-order valence-corrected chi connectivity index (χ0v) is 10.7. The highest BCUT2D eigenvalue weighted by Crippen LogP contribution is 2.24. The Morgan fingerprint density at radius 3 is 2.68 bits per heavy atom. The van der Waals surface area contributed by atoms with Crippen molar-refractivity contribution in [3.05, 3.63) is 23.8 Å². The average Bonchev–Trinajstić information content (AvgIpc) is 2.37. The number of phenols is 1. The number of carbonyl (C=O) groups is 2. The second-order valence-corrected chi connectivity index (χ2v) is 3.89. The SMILES string of the molecule is CCOCCCC(=O)Nc1ccc(C(=O)O)cc1O. The Morgan fingerprint density at radius 1 is 1.37 bits per heavy atom. The third-order valence-electron chi connectivity index (χ3n) is 2.42. The molecule has 0 atom stereocenters. The first kappa shape index (κ1) is 15.0. The van der Waals surface area contributed by atoms with Gasteiger partial charge in [0.15, 0.2) is 0 Å². The molecule has 0 fully saturated rings. The summed E-state index contributed by atoms with van der Waals surface area (Å²) >= 11 is 0. The first-order chi connectivity index (χ1) is 9.04. The number of carboxylic acid groups (broad SMARTS) is 1. The Balaban J connectivity index is 2.52. The third-order valence-corrected chi connectivity index (χ3v) is 2.42. The maximum Gasteiger partial charge on any atom is 0.335 e. The maximum absolute atomic E-state index is 11.6. The molecule has 6 heteroatoms. The molecule has 0 aliphatic heterocycles. The van der Waals surface area contributed by atoms with Gasteiger partial charge in [-0.3, -0.25) is 4.79 Å². The molecule has 1 aromatic carbocycles. The lowest BCUT2D eigenvalue weighted by Crippen LogP contribution is -2.12. The van der Waals surface area contributed by atoms with E-state index < -0.39 is 5.97 Å². The molecule has 0 aromatic heterocycles. The summed E-state index contributed by atoms with van der Waals surface area (Å²) in [6, 6.07) is 3.77. The molecule has 0 aliphatic carbocycles. The number of amides is 1. The van der Waals surface area contributed by atoms with E-state index in [1.165, 1.54) is 12.1 Å². The van der Waals surface area contributed by atoms with Crippen molar-refractivity contribution in [2.45, 2.75) is 19.8 Å². The van der Waals surface area contributed by atoms with Gasteiger partial charge in [0.1, 0.15) is 5.75 Å². The van der Waals surface area contributed by atoms with Crippen LogP contribution in [0.2, 0.25) is 0 Å².